The van der Waals surface area contributed by atoms with Crippen LogP contribution in [0.5, 0.6) is 5.75 Å². The van der Waals surface area contributed by atoms with E-state index in [4.69, 9.17) is 10.5 Å². The highest BCUT2D eigenvalue weighted by atomic mass is 19.2. The summed E-state index contributed by atoms with van der Waals surface area (Å²) in [5.74, 6) is -1.76. The Balaban J connectivity index is 1.71. The summed E-state index contributed by atoms with van der Waals surface area (Å²) in [5.41, 5.74) is 8.10. The van der Waals surface area contributed by atoms with Gasteiger partial charge in [0, 0.05) is 0 Å². The van der Waals surface area contributed by atoms with E-state index in [0.29, 0.717) is 5.95 Å². The van der Waals surface area contributed by atoms with E-state index in [-0.39, 0.29) is 12.4 Å². The molecule has 0 bridgehead atoms. The third kappa shape index (κ3) is 4.00. The van der Waals surface area contributed by atoms with Gasteiger partial charge in [-0.2, -0.15) is 9.49 Å². The number of ether oxygens (including phenoxy) is 1. The van der Waals surface area contributed by atoms with Crippen molar-refractivity contribution in [3.05, 3.63) is 77.1 Å². The van der Waals surface area contributed by atoms with Crippen molar-refractivity contribution in [3.8, 4) is 5.75 Å². The molecule has 0 saturated heterocycles. The second kappa shape index (κ2) is 7.12. The van der Waals surface area contributed by atoms with E-state index >= 15 is 0 Å². The Kier molecular flexibility index (Phi) is 4.74. The van der Waals surface area contributed by atoms with E-state index in [1.807, 2.05) is 31.2 Å². The Bertz CT molecular complexity index is 921. The van der Waals surface area contributed by atoms with E-state index in [0.717, 1.165) is 22.9 Å². The summed E-state index contributed by atoms with van der Waals surface area (Å²) < 4.78 is 33.6. The van der Waals surface area contributed by atoms with Crippen molar-refractivity contribution >= 4 is 12.2 Å². The minimum atomic E-state index is -0.994. The predicted octanol–water partition coefficient (Wildman–Crippen LogP) is 3.51. The van der Waals surface area contributed by atoms with Gasteiger partial charge in [0.15, 0.2) is 11.6 Å². The topological polar surface area (TPSA) is 65.4 Å². The van der Waals surface area contributed by atoms with Crippen molar-refractivity contribution in [3.63, 3.8) is 0 Å². The summed E-state index contributed by atoms with van der Waals surface area (Å²) in [6, 6.07) is 11.2. The largest absolute Gasteiger partial charge is 0.486 e. The molecule has 2 aromatic carbocycles. The number of hydrogen-bond acceptors (Lipinski definition) is 4. The van der Waals surface area contributed by atoms with Crippen LogP contribution in [0.3, 0.4) is 0 Å². The monoisotopic (exact) mass is 342 g/mol. The van der Waals surface area contributed by atoms with Crippen molar-refractivity contribution in [1.82, 2.24) is 9.66 Å². The van der Waals surface area contributed by atoms with Crippen LogP contribution in [0, 0.1) is 18.6 Å². The van der Waals surface area contributed by atoms with Gasteiger partial charge in [0.05, 0.1) is 18.1 Å². The van der Waals surface area contributed by atoms with Gasteiger partial charge in [0.1, 0.15) is 6.61 Å². The molecule has 0 amide bonds. The van der Waals surface area contributed by atoms with Gasteiger partial charge in [-0.05, 0) is 36.2 Å². The molecule has 3 aromatic rings. The number of halogens is 2. The third-order valence-electron chi connectivity index (χ3n) is 3.43. The first-order chi connectivity index (χ1) is 12.0. The van der Waals surface area contributed by atoms with Gasteiger partial charge >= 0.3 is 0 Å². The number of rotatable bonds is 5. The molecule has 1 aromatic heterocycles. The molecule has 5 nitrogen and oxygen atoms in total. The maximum Gasteiger partial charge on any atom is 0.221 e. The molecular weight excluding hydrogens is 326 g/mol. The molecule has 0 saturated carbocycles. The Hall–Kier alpha value is -3.22. The number of hydrogen-bond donors (Lipinski definition) is 1. The standard InChI is InChI=1S/C18H16F2N4O/c1-12-10-24(18(21)23-12)22-9-13-4-2-5-14(8-13)11-25-16-7-3-6-15(19)17(16)20/h2-10H,11H2,1H3,(H2,21,23). The third-order valence-corrected chi connectivity index (χ3v) is 3.43. The smallest absolute Gasteiger partial charge is 0.221 e. The molecule has 2 N–H and O–H groups in total. The van der Waals surface area contributed by atoms with Crippen LogP contribution in [0.15, 0.2) is 53.8 Å². The lowest BCUT2D eigenvalue weighted by Crippen LogP contribution is -2.00. The molecule has 0 aliphatic rings. The average molecular weight is 342 g/mol. The van der Waals surface area contributed by atoms with Gasteiger partial charge in [-0.15, -0.1) is 0 Å². The molecule has 1 heterocycles. The lowest BCUT2D eigenvalue weighted by Gasteiger charge is -2.08. The maximum absolute atomic E-state index is 13.6. The van der Waals surface area contributed by atoms with E-state index in [2.05, 4.69) is 10.1 Å². The van der Waals surface area contributed by atoms with Gasteiger partial charge < -0.3 is 10.5 Å². The SMILES string of the molecule is Cc1cn(N=Cc2cccc(COc3cccc(F)c3F)c2)c(N)n1. The van der Waals surface area contributed by atoms with E-state index < -0.39 is 11.6 Å². The summed E-state index contributed by atoms with van der Waals surface area (Å²) in [7, 11) is 0. The van der Waals surface area contributed by atoms with E-state index in [1.165, 1.54) is 16.8 Å². The van der Waals surface area contributed by atoms with E-state index in [9.17, 15) is 8.78 Å². The summed E-state index contributed by atoms with van der Waals surface area (Å²) in [6.45, 7) is 1.93. The summed E-state index contributed by atoms with van der Waals surface area (Å²) in [6.07, 6.45) is 3.34. The number of aryl methyl sites for hydroxylation is 1. The fourth-order valence-corrected chi connectivity index (χ4v) is 2.25. The highest BCUT2D eigenvalue weighted by Gasteiger charge is 2.08. The molecule has 0 aliphatic heterocycles. The normalized spacial score (nSPS) is 11.2. The minimum absolute atomic E-state index is 0.106. The predicted molar refractivity (Wildman–Crippen MR) is 91.5 cm³/mol. The second-order valence-electron chi connectivity index (χ2n) is 5.42. The average Bonchev–Trinajstić information content (AvgIpc) is 2.92. The lowest BCUT2D eigenvalue weighted by molar-refractivity contribution is 0.284. The van der Waals surface area contributed by atoms with Crippen LogP contribution in [0.4, 0.5) is 14.7 Å². The zero-order valence-corrected chi connectivity index (χ0v) is 13.5. The second-order valence-corrected chi connectivity index (χ2v) is 5.42. The molecule has 0 atom stereocenters. The molecule has 7 heteroatoms. The highest BCUT2D eigenvalue weighted by molar-refractivity contribution is 5.79. The number of anilines is 1. The fraction of sp³-hybridized carbons (Fsp3) is 0.111. The Morgan fingerprint density at radius 3 is 2.80 bits per heavy atom. The van der Waals surface area contributed by atoms with Crippen molar-refractivity contribution in [2.75, 3.05) is 5.73 Å². The molecule has 25 heavy (non-hydrogen) atoms. The fourth-order valence-electron chi connectivity index (χ4n) is 2.25. The zero-order valence-electron chi connectivity index (χ0n) is 13.5. The van der Waals surface area contributed by atoms with Crippen LogP contribution < -0.4 is 10.5 Å². The van der Waals surface area contributed by atoms with Crippen LogP contribution in [0.25, 0.3) is 0 Å². The highest BCUT2D eigenvalue weighted by Crippen LogP contribution is 2.20. The van der Waals surface area contributed by atoms with Gasteiger partial charge in [-0.1, -0.05) is 24.3 Å². The Morgan fingerprint density at radius 2 is 2.04 bits per heavy atom. The molecular formula is C18H16F2N4O. The first kappa shape index (κ1) is 16.6. The van der Waals surface area contributed by atoms with Gasteiger partial charge in [-0.3, -0.25) is 0 Å². The number of aromatic nitrogens is 2. The van der Waals surface area contributed by atoms with Crippen molar-refractivity contribution < 1.29 is 13.5 Å². The van der Waals surface area contributed by atoms with Crippen molar-refractivity contribution in [1.29, 1.82) is 0 Å². The number of benzene rings is 2. The molecule has 0 spiro atoms. The van der Waals surface area contributed by atoms with Crippen molar-refractivity contribution in [2.24, 2.45) is 5.10 Å². The number of nitrogens with zero attached hydrogens (tertiary/aromatic N) is 3. The Morgan fingerprint density at radius 1 is 1.24 bits per heavy atom. The van der Waals surface area contributed by atoms with Gasteiger partial charge in [-0.25, -0.2) is 14.1 Å². The van der Waals surface area contributed by atoms with Gasteiger partial charge in [0.2, 0.25) is 11.8 Å². The summed E-state index contributed by atoms with van der Waals surface area (Å²) >= 11 is 0. The van der Waals surface area contributed by atoms with Crippen LogP contribution in [-0.4, -0.2) is 15.9 Å². The molecule has 0 unspecified atom stereocenters. The molecule has 128 valence electrons. The van der Waals surface area contributed by atoms with Gasteiger partial charge in [0.25, 0.3) is 0 Å². The van der Waals surface area contributed by atoms with Crippen molar-refractivity contribution in [2.45, 2.75) is 13.5 Å². The molecule has 3 rings (SSSR count). The number of imidazole rings is 1. The first-order valence-corrected chi connectivity index (χ1v) is 7.54. The number of nitrogen functional groups attached to an aromatic ring is 1. The van der Waals surface area contributed by atoms with Crippen LogP contribution >= 0.6 is 0 Å². The van der Waals surface area contributed by atoms with Crippen LogP contribution in [0.1, 0.15) is 16.8 Å². The summed E-state index contributed by atoms with van der Waals surface area (Å²) in [5, 5.41) is 4.24. The molecule has 0 fully saturated rings. The summed E-state index contributed by atoms with van der Waals surface area (Å²) in [4.78, 5) is 4.06. The maximum atomic E-state index is 13.6. The quantitative estimate of drug-likeness (QED) is 0.722. The first-order valence-electron chi connectivity index (χ1n) is 7.54. The van der Waals surface area contributed by atoms with Crippen LogP contribution in [-0.2, 0) is 6.61 Å². The van der Waals surface area contributed by atoms with E-state index in [1.54, 1.807) is 12.4 Å². The molecule has 0 radical (unpaired) electrons. The zero-order chi connectivity index (χ0) is 17.8. The van der Waals surface area contributed by atoms with Crippen LogP contribution in [0.2, 0.25) is 0 Å². The Labute approximate surface area is 143 Å². The minimum Gasteiger partial charge on any atom is -0.486 e. The number of nitrogens with two attached hydrogens (primary N) is 1. The lowest BCUT2D eigenvalue weighted by atomic mass is 10.1. The molecule has 0 aliphatic carbocycles.